The van der Waals surface area contributed by atoms with Crippen LogP contribution in [0, 0.1) is 5.92 Å². The number of ether oxygens (including phenoxy) is 1. The summed E-state index contributed by atoms with van der Waals surface area (Å²) in [5.74, 6) is 0.697. The van der Waals surface area contributed by atoms with Crippen LogP contribution in [0.25, 0.3) is 0 Å². The highest BCUT2D eigenvalue weighted by Gasteiger charge is 2.38. The fourth-order valence-electron chi connectivity index (χ4n) is 2.99. The average Bonchev–Trinajstić information content (AvgIpc) is 2.75. The molecule has 0 spiro atoms. The molecule has 2 fully saturated rings. The molecule has 4 atom stereocenters. The molecule has 98 valence electrons. The minimum absolute atomic E-state index is 0.106. The Morgan fingerprint density at radius 3 is 3.06 bits per heavy atom. The van der Waals surface area contributed by atoms with Crippen molar-refractivity contribution in [2.45, 2.75) is 63.6 Å². The molecule has 1 saturated heterocycles. The Kier molecular flexibility index (Phi) is 4.40. The van der Waals surface area contributed by atoms with E-state index in [1.807, 2.05) is 6.92 Å². The summed E-state index contributed by atoms with van der Waals surface area (Å²) >= 11 is 0. The van der Waals surface area contributed by atoms with Crippen molar-refractivity contribution in [3.8, 4) is 0 Å². The zero-order valence-electron chi connectivity index (χ0n) is 10.7. The van der Waals surface area contributed by atoms with Gasteiger partial charge in [0.15, 0.2) is 0 Å². The third kappa shape index (κ3) is 3.42. The van der Waals surface area contributed by atoms with Crippen LogP contribution in [0.2, 0.25) is 0 Å². The normalized spacial score (nSPS) is 34.1. The van der Waals surface area contributed by atoms with Gasteiger partial charge in [0.25, 0.3) is 0 Å². The lowest BCUT2D eigenvalue weighted by molar-refractivity contribution is -0.122. The quantitative estimate of drug-likeness (QED) is 0.775. The Morgan fingerprint density at radius 2 is 2.29 bits per heavy atom. The Bertz CT molecular complexity index is 268. The second-order valence-electron chi connectivity index (χ2n) is 5.48. The maximum Gasteiger partial charge on any atom is 0.220 e. The van der Waals surface area contributed by atoms with Crippen molar-refractivity contribution in [3.63, 3.8) is 0 Å². The molecule has 0 radical (unpaired) electrons. The van der Waals surface area contributed by atoms with Gasteiger partial charge in [-0.25, -0.2) is 0 Å². The van der Waals surface area contributed by atoms with Crippen LogP contribution in [0.3, 0.4) is 0 Å². The maximum atomic E-state index is 11.8. The van der Waals surface area contributed by atoms with E-state index in [0.717, 1.165) is 32.3 Å². The Balaban J connectivity index is 1.79. The third-order valence-corrected chi connectivity index (χ3v) is 3.95. The van der Waals surface area contributed by atoms with Crippen LogP contribution in [-0.4, -0.2) is 30.7 Å². The first kappa shape index (κ1) is 12.8. The van der Waals surface area contributed by atoms with Crippen LogP contribution in [0.4, 0.5) is 0 Å². The summed E-state index contributed by atoms with van der Waals surface area (Å²) in [4.78, 5) is 11.8. The fraction of sp³-hybridized carbons (Fsp3) is 0.923. The molecule has 0 aromatic carbocycles. The maximum absolute atomic E-state index is 11.8. The summed E-state index contributed by atoms with van der Waals surface area (Å²) in [6.07, 6.45) is 6.24. The van der Waals surface area contributed by atoms with Crippen molar-refractivity contribution >= 4 is 5.91 Å². The Labute approximate surface area is 103 Å². The summed E-state index contributed by atoms with van der Waals surface area (Å²) in [5, 5.41) is 3.17. The molecule has 0 bridgehead atoms. The Morgan fingerprint density at radius 1 is 1.47 bits per heavy atom. The number of amides is 1. The molecule has 17 heavy (non-hydrogen) atoms. The minimum Gasteiger partial charge on any atom is -0.378 e. The molecular formula is C13H24N2O2. The smallest absolute Gasteiger partial charge is 0.220 e. The van der Waals surface area contributed by atoms with Crippen molar-refractivity contribution in [2.75, 3.05) is 6.61 Å². The number of rotatable bonds is 4. The summed E-state index contributed by atoms with van der Waals surface area (Å²) < 4.78 is 5.70. The van der Waals surface area contributed by atoms with E-state index in [4.69, 9.17) is 10.5 Å². The number of carbonyl (C=O) groups is 1. The molecule has 1 heterocycles. The largest absolute Gasteiger partial charge is 0.378 e. The lowest BCUT2D eigenvalue weighted by atomic mass is 9.82. The molecular weight excluding hydrogens is 216 g/mol. The topological polar surface area (TPSA) is 64.4 Å². The van der Waals surface area contributed by atoms with E-state index >= 15 is 0 Å². The minimum atomic E-state index is 0.106. The zero-order chi connectivity index (χ0) is 12.3. The lowest BCUT2D eigenvalue weighted by Gasteiger charge is -2.33. The van der Waals surface area contributed by atoms with Crippen molar-refractivity contribution in [2.24, 2.45) is 11.7 Å². The lowest BCUT2D eigenvalue weighted by Crippen LogP contribution is -2.45. The van der Waals surface area contributed by atoms with Crippen LogP contribution >= 0.6 is 0 Å². The second kappa shape index (κ2) is 5.83. The number of hydrogen-bond donors (Lipinski definition) is 2. The number of carbonyl (C=O) groups excluding carboxylic acids is 1. The second-order valence-corrected chi connectivity index (χ2v) is 5.48. The average molecular weight is 240 g/mol. The van der Waals surface area contributed by atoms with Gasteiger partial charge in [0.05, 0.1) is 6.10 Å². The summed E-state index contributed by atoms with van der Waals surface area (Å²) in [7, 11) is 0. The number of nitrogens with two attached hydrogens (primary N) is 1. The van der Waals surface area contributed by atoms with Crippen LogP contribution in [0.5, 0.6) is 0 Å². The zero-order valence-corrected chi connectivity index (χ0v) is 10.7. The van der Waals surface area contributed by atoms with Crippen molar-refractivity contribution in [3.05, 3.63) is 0 Å². The van der Waals surface area contributed by atoms with E-state index in [-0.39, 0.29) is 11.9 Å². The van der Waals surface area contributed by atoms with Crippen LogP contribution < -0.4 is 11.1 Å². The molecule has 3 N–H and O–H groups in total. The van der Waals surface area contributed by atoms with Crippen molar-refractivity contribution < 1.29 is 9.53 Å². The standard InChI is InChI=1S/C13H24N2O2/c1-9(14)5-6-13(16)15-11-3-2-4-12-10(11)7-8-17-12/h9-12H,2-8,14H2,1H3,(H,15,16). The van der Waals surface area contributed by atoms with Gasteiger partial charge in [-0.3, -0.25) is 4.79 Å². The monoisotopic (exact) mass is 240 g/mol. The molecule has 0 aromatic heterocycles. The molecule has 2 rings (SSSR count). The van der Waals surface area contributed by atoms with E-state index in [1.165, 1.54) is 6.42 Å². The van der Waals surface area contributed by atoms with Gasteiger partial charge in [-0.1, -0.05) is 0 Å². The van der Waals surface area contributed by atoms with E-state index in [0.29, 0.717) is 24.5 Å². The molecule has 0 aromatic rings. The molecule has 4 heteroatoms. The van der Waals surface area contributed by atoms with Gasteiger partial charge in [0, 0.05) is 31.0 Å². The molecule has 1 aliphatic heterocycles. The van der Waals surface area contributed by atoms with Crippen LogP contribution in [0.1, 0.15) is 45.4 Å². The van der Waals surface area contributed by atoms with Gasteiger partial charge in [-0.15, -0.1) is 0 Å². The summed E-state index contributed by atoms with van der Waals surface area (Å²) in [6, 6.07) is 0.437. The third-order valence-electron chi connectivity index (χ3n) is 3.95. The molecule has 2 aliphatic rings. The van der Waals surface area contributed by atoms with Crippen molar-refractivity contribution in [1.82, 2.24) is 5.32 Å². The first-order valence-corrected chi connectivity index (χ1v) is 6.83. The van der Waals surface area contributed by atoms with Crippen LogP contribution in [0.15, 0.2) is 0 Å². The molecule has 4 nitrogen and oxygen atoms in total. The van der Waals surface area contributed by atoms with E-state index in [9.17, 15) is 4.79 Å². The first-order valence-electron chi connectivity index (χ1n) is 6.83. The molecule has 4 unspecified atom stereocenters. The van der Waals surface area contributed by atoms with E-state index < -0.39 is 0 Å². The molecule has 1 amide bonds. The highest BCUT2D eigenvalue weighted by molar-refractivity contribution is 5.76. The Hall–Kier alpha value is -0.610. The first-order chi connectivity index (χ1) is 8.16. The van der Waals surface area contributed by atoms with Gasteiger partial charge >= 0.3 is 0 Å². The predicted octanol–water partition coefficient (Wildman–Crippen LogP) is 1.19. The van der Waals surface area contributed by atoms with Gasteiger partial charge in [0.1, 0.15) is 0 Å². The van der Waals surface area contributed by atoms with E-state index in [1.54, 1.807) is 0 Å². The summed E-state index contributed by atoms with van der Waals surface area (Å²) in [5.41, 5.74) is 5.66. The highest BCUT2D eigenvalue weighted by atomic mass is 16.5. The van der Waals surface area contributed by atoms with Gasteiger partial charge < -0.3 is 15.8 Å². The van der Waals surface area contributed by atoms with E-state index in [2.05, 4.69) is 5.32 Å². The SMILES string of the molecule is CC(N)CCC(=O)NC1CCCC2OCCC12. The van der Waals surface area contributed by atoms with Gasteiger partial charge in [0.2, 0.25) is 5.91 Å². The van der Waals surface area contributed by atoms with Gasteiger partial charge in [-0.05, 0) is 39.0 Å². The van der Waals surface area contributed by atoms with Gasteiger partial charge in [-0.2, -0.15) is 0 Å². The number of fused-ring (bicyclic) bond motifs is 1. The van der Waals surface area contributed by atoms with Crippen LogP contribution in [-0.2, 0) is 9.53 Å². The van der Waals surface area contributed by atoms with Crippen molar-refractivity contribution in [1.29, 1.82) is 0 Å². The predicted molar refractivity (Wildman–Crippen MR) is 66.5 cm³/mol. The summed E-state index contributed by atoms with van der Waals surface area (Å²) in [6.45, 7) is 2.80. The molecule has 1 saturated carbocycles. The number of hydrogen-bond acceptors (Lipinski definition) is 3. The number of nitrogens with one attached hydrogen (secondary N) is 1. The highest BCUT2D eigenvalue weighted by Crippen LogP contribution is 2.34. The molecule has 1 aliphatic carbocycles. The fourth-order valence-corrected chi connectivity index (χ4v) is 2.99.